The minimum atomic E-state index is -1.22. The molecule has 16 heavy (non-hydrogen) atoms. The molecule has 90 valence electrons. The van der Waals surface area contributed by atoms with Gasteiger partial charge < -0.3 is 10.2 Å². The second-order valence-corrected chi connectivity index (χ2v) is 4.88. The van der Waals surface area contributed by atoms with Crippen LogP contribution in [-0.2, 0) is 0 Å². The molecule has 2 unspecified atom stereocenters. The van der Waals surface area contributed by atoms with E-state index >= 15 is 0 Å². The molecule has 0 saturated carbocycles. The van der Waals surface area contributed by atoms with Crippen molar-refractivity contribution in [3.05, 3.63) is 33.6 Å². The number of alkyl halides is 1. The zero-order valence-corrected chi connectivity index (χ0v) is 11.2. The summed E-state index contributed by atoms with van der Waals surface area (Å²) in [6.07, 6.45) is -1.89. The van der Waals surface area contributed by atoms with Crippen LogP contribution in [0.5, 0.6) is 0 Å². The zero-order chi connectivity index (χ0) is 12.3. The van der Waals surface area contributed by atoms with E-state index in [0.717, 1.165) is 12.1 Å². The summed E-state index contributed by atoms with van der Waals surface area (Å²) in [5.41, 5.74) is 0.151. The van der Waals surface area contributed by atoms with Crippen LogP contribution < -0.4 is 0 Å². The smallest absolute Gasteiger partial charge is 0.126 e. The molecule has 0 saturated heterocycles. The number of hydrogen-bond donors (Lipinski definition) is 2. The molecule has 1 aromatic carbocycles. The van der Waals surface area contributed by atoms with Gasteiger partial charge in [-0.1, -0.05) is 39.1 Å². The molecule has 2 atom stereocenters. The van der Waals surface area contributed by atoms with Gasteiger partial charge in [-0.05, 0) is 18.6 Å². The molecule has 6 heteroatoms. The maximum absolute atomic E-state index is 12.9. The maximum Gasteiger partial charge on any atom is 0.126 e. The lowest BCUT2D eigenvalue weighted by molar-refractivity contribution is 0.0174. The van der Waals surface area contributed by atoms with E-state index in [1.807, 2.05) is 0 Å². The largest absolute Gasteiger partial charge is 0.390 e. The van der Waals surface area contributed by atoms with Crippen molar-refractivity contribution in [1.82, 2.24) is 0 Å². The molecule has 0 bridgehead atoms. The molecule has 0 spiro atoms. The summed E-state index contributed by atoms with van der Waals surface area (Å²) >= 11 is 14.7. The van der Waals surface area contributed by atoms with Crippen LogP contribution in [0.25, 0.3) is 0 Å². The Hall–Kier alpha value is 0.130. The summed E-state index contributed by atoms with van der Waals surface area (Å²) in [5.74, 6) is -0.582. The first-order valence-corrected chi connectivity index (χ1v) is 6.41. The highest BCUT2D eigenvalue weighted by atomic mass is 79.9. The van der Waals surface area contributed by atoms with Crippen molar-refractivity contribution in [1.29, 1.82) is 0 Å². The molecule has 2 N–H and O–H groups in total. The van der Waals surface area contributed by atoms with Crippen LogP contribution in [0, 0.1) is 5.82 Å². The average Bonchev–Trinajstić information content (AvgIpc) is 2.16. The monoisotopic (exact) mass is 330 g/mol. The molecule has 2 nitrogen and oxygen atoms in total. The van der Waals surface area contributed by atoms with E-state index < -0.39 is 18.0 Å². The van der Waals surface area contributed by atoms with Crippen LogP contribution >= 0.6 is 39.1 Å². The summed E-state index contributed by atoms with van der Waals surface area (Å²) in [6, 6.07) is 2.10. The molecule has 1 aromatic rings. The molecule has 0 heterocycles. The first kappa shape index (κ1) is 14.2. The molecule has 0 amide bonds. The Morgan fingerprint density at radius 3 is 2.19 bits per heavy atom. The van der Waals surface area contributed by atoms with Gasteiger partial charge >= 0.3 is 0 Å². The fourth-order valence-electron chi connectivity index (χ4n) is 1.30. The van der Waals surface area contributed by atoms with Gasteiger partial charge in [0.15, 0.2) is 0 Å². The van der Waals surface area contributed by atoms with Crippen LogP contribution in [-0.4, -0.2) is 21.6 Å². The minimum absolute atomic E-state index is 0.00567. The zero-order valence-electron chi connectivity index (χ0n) is 8.13. The molecular formula is C10H10BrCl2FO2. The normalized spacial score (nSPS) is 14.9. The molecule has 0 fully saturated rings. The van der Waals surface area contributed by atoms with Crippen LogP contribution in [0.15, 0.2) is 12.1 Å². The SMILES string of the molecule is OC(CCBr)C(O)c1c(Cl)cc(F)cc1Cl. The quantitative estimate of drug-likeness (QED) is 0.831. The molecule has 0 aliphatic heterocycles. The van der Waals surface area contributed by atoms with Crippen molar-refractivity contribution in [2.45, 2.75) is 18.6 Å². The Labute approximate surface area is 111 Å². The van der Waals surface area contributed by atoms with Gasteiger partial charge in [0.2, 0.25) is 0 Å². The van der Waals surface area contributed by atoms with Crippen molar-refractivity contribution < 1.29 is 14.6 Å². The van der Waals surface area contributed by atoms with E-state index in [4.69, 9.17) is 23.2 Å². The molecular weight excluding hydrogens is 322 g/mol. The van der Waals surface area contributed by atoms with Crippen LogP contribution in [0.3, 0.4) is 0 Å². The standard InChI is InChI=1S/C10H10BrCl2FO2/c11-2-1-8(15)10(16)9-6(12)3-5(14)4-7(9)13/h3-4,8,10,15-16H,1-2H2. The summed E-state index contributed by atoms with van der Waals surface area (Å²) in [6.45, 7) is 0. The highest BCUT2D eigenvalue weighted by molar-refractivity contribution is 9.09. The maximum atomic E-state index is 12.9. The van der Waals surface area contributed by atoms with Crippen molar-refractivity contribution in [2.24, 2.45) is 0 Å². The topological polar surface area (TPSA) is 40.5 Å². The highest BCUT2D eigenvalue weighted by Crippen LogP contribution is 2.33. The van der Waals surface area contributed by atoms with Crippen molar-refractivity contribution in [3.8, 4) is 0 Å². The minimum Gasteiger partial charge on any atom is -0.390 e. The van der Waals surface area contributed by atoms with Gasteiger partial charge in [-0.25, -0.2) is 4.39 Å². The third-order valence-electron chi connectivity index (χ3n) is 2.11. The fraction of sp³-hybridized carbons (Fsp3) is 0.400. The Morgan fingerprint density at radius 2 is 1.75 bits per heavy atom. The van der Waals surface area contributed by atoms with Crippen LogP contribution in [0.1, 0.15) is 18.1 Å². The first-order chi connectivity index (χ1) is 7.47. The first-order valence-electron chi connectivity index (χ1n) is 4.54. The van der Waals surface area contributed by atoms with Crippen molar-refractivity contribution in [2.75, 3.05) is 5.33 Å². The van der Waals surface area contributed by atoms with E-state index in [0.29, 0.717) is 11.8 Å². The Bertz CT molecular complexity index is 353. The number of aliphatic hydroxyl groups excluding tert-OH is 2. The molecule has 0 aliphatic carbocycles. The van der Waals surface area contributed by atoms with Gasteiger partial charge in [0.05, 0.1) is 16.1 Å². The predicted molar refractivity (Wildman–Crippen MR) is 65.8 cm³/mol. The van der Waals surface area contributed by atoms with Gasteiger partial charge in [-0.2, -0.15) is 0 Å². The molecule has 0 radical (unpaired) electrons. The Morgan fingerprint density at radius 1 is 1.25 bits per heavy atom. The summed E-state index contributed by atoms with van der Waals surface area (Å²) in [4.78, 5) is 0. The molecule has 0 aromatic heterocycles. The number of aliphatic hydroxyl groups is 2. The third-order valence-corrected chi connectivity index (χ3v) is 3.19. The van der Waals surface area contributed by atoms with E-state index in [-0.39, 0.29) is 15.6 Å². The number of benzene rings is 1. The van der Waals surface area contributed by atoms with E-state index in [1.165, 1.54) is 0 Å². The van der Waals surface area contributed by atoms with Gasteiger partial charge in [-0.3, -0.25) is 0 Å². The lowest BCUT2D eigenvalue weighted by Gasteiger charge is -2.19. The van der Waals surface area contributed by atoms with E-state index in [1.54, 1.807) is 0 Å². The fourth-order valence-corrected chi connectivity index (χ4v) is 2.45. The van der Waals surface area contributed by atoms with Crippen molar-refractivity contribution >= 4 is 39.1 Å². The Balaban J connectivity index is 3.03. The predicted octanol–water partition coefficient (Wildman–Crippen LogP) is 3.31. The van der Waals surface area contributed by atoms with E-state index in [2.05, 4.69) is 15.9 Å². The number of hydrogen-bond acceptors (Lipinski definition) is 2. The number of rotatable bonds is 4. The van der Waals surface area contributed by atoms with Crippen molar-refractivity contribution in [3.63, 3.8) is 0 Å². The van der Waals surface area contributed by atoms with Crippen LogP contribution in [0.2, 0.25) is 10.0 Å². The summed E-state index contributed by atoms with van der Waals surface area (Å²) in [7, 11) is 0. The van der Waals surface area contributed by atoms with Gasteiger partial charge in [0, 0.05) is 10.9 Å². The van der Waals surface area contributed by atoms with Gasteiger partial charge in [0.1, 0.15) is 11.9 Å². The van der Waals surface area contributed by atoms with E-state index in [9.17, 15) is 14.6 Å². The lowest BCUT2D eigenvalue weighted by atomic mass is 10.0. The van der Waals surface area contributed by atoms with Gasteiger partial charge in [0.25, 0.3) is 0 Å². The molecule has 0 aliphatic rings. The Kier molecular flexibility index (Phi) is 5.47. The summed E-state index contributed by atoms with van der Waals surface area (Å²) < 4.78 is 12.9. The van der Waals surface area contributed by atoms with Gasteiger partial charge in [-0.15, -0.1) is 0 Å². The second-order valence-electron chi connectivity index (χ2n) is 3.27. The van der Waals surface area contributed by atoms with Crippen LogP contribution in [0.4, 0.5) is 4.39 Å². The average molecular weight is 332 g/mol. The number of halogens is 4. The summed E-state index contributed by atoms with van der Waals surface area (Å²) in [5, 5.41) is 19.9. The third kappa shape index (κ3) is 3.31. The lowest BCUT2D eigenvalue weighted by Crippen LogP contribution is -2.19. The second kappa shape index (κ2) is 6.17. The molecule has 1 rings (SSSR count). The highest BCUT2D eigenvalue weighted by Gasteiger charge is 2.23.